The van der Waals surface area contributed by atoms with Crippen molar-refractivity contribution in [3.8, 4) is 17.1 Å². The number of furan rings is 1. The van der Waals surface area contributed by atoms with Gasteiger partial charge in [0.15, 0.2) is 0 Å². The summed E-state index contributed by atoms with van der Waals surface area (Å²) in [4.78, 5) is 36.9. The molecule has 3 N–H and O–H groups in total. The smallest absolute Gasteiger partial charge is 0.335 e. The molecule has 1 saturated heterocycles. The average Bonchev–Trinajstić information content (AvgIpc) is 3.27. The van der Waals surface area contributed by atoms with Crippen molar-refractivity contribution in [2.75, 3.05) is 4.90 Å². The first-order valence-corrected chi connectivity index (χ1v) is 8.53. The van der Waals surface area contributed by atoms with Gasteiger partial charge in [0, 0.05) is 6.08 Å². The number of imide groups is 1. The standard InChI is InChI=1S/C21H14N2O6/c24-17-8-6-12(20(26)27)10-15(17)18-9-7-14(29-18)11-16-19(25)23(21(28)22-16)13-4-2-1-3-5-13/h1-11,24H,(H,22,28)(H,26,27)/b16-11+. The molecule has 3 aromatic rings. The van der Waals surface area contributed by atoms with Crippen LogP contribution in [0.4, 0.5) is 10.5 Å². The number of carboxylic acids is 1. The predicted octanol–water partition coefficient (Wildman–Crippen LogP) is 3.45. The molecule has 1 aliphatic rings. The van der Waals surface area contributed by atoms with Crippen molar-refractivity contribution in [2.24, 2.45) is 0 Å². The minimum absolute atomic E-state index is 0.00848. The van der Waals surface area contributed by atoms with Gasteiger partial charge in [0.2, 0.25) is 0 Å². The fraction of sp³-hybridized carbons (Fsp3) is 0. The number of nitrogens with one attached hydrogen (secondary N) is 1. The molecule has 3 amide bonds. The molecule has 0 radical (unpaired) electrons. The molecule has 144 valence electrons. The summed E-state index contributed by atoms with van der Waals surface area (Å²) in [5, 5.41) is 21.6. The number of phenols is 1. The van der Waals surface area contributed by atoms with E-state index in [4.69, 9.17) is 9.52 Å². The summed E-state index contributed by atoms with van der Waals surface area (Å²) in [6.45, 7) is 0. The van der Waals surface area contributed by atoms with Crippen LogP contribution in [0.5, 0.6) is 5.75 Å². The molecule has 1 aromatic heterocycles. The third-order valence-electron chi connectivity index (χ3n) is 4.31. The number of hydrogen-bond acceptors (Lipinski definition) is 5. The van der Waals surface area contributed by atoms with Gasteiger partial charge < -0.3 is 19.9 Å². The van der Waals surface area contributed by atoms with Gasteiger partial charge in [0.1, 0.15) is 23.0 Å². The summed E-state index contributed by atoms with van der Waals surface area (Å²) in [5.74, 6) is -1.35. The highest BCUT2D eigenvalue weighted by atomic mass is 16.4. The number of amides is 3. The number of benzene rings is 2. The summed E-state index contributed by atoms with van der Waals surface area (Å²) in [7, 11) is 0. The SMILES string of the molecule is O=C(O)c1ccc(O)c(-c2ccc(/C=C3/NC(=O)N(c4ccccc4)C3=O)o2)c1. The molecule has 0 spiro atoms. The number of rotatable bonds is 4. The molecule has 8 nitrogen and oxygen atoms in total. The monoisotopic (exact) mass is 390 g/mol. The number of urea groups is 1. The predicted molar refractivity (Wildman–Crippen MR) is 103 cm³/mol. The molecule has 29 heavy (non-hydrogen) atoms. The first kappa shape index (κ1) is 18.1. The van der Waals surface area contributed by atoms with E-state index in [-0.39, 0.29) is 34.1 Å². The quantitative estimate of drug-likeness (QED) is 0.464. The molecule has 0 bridgehead atoms. The molecule has 2 aromatic carbocycles. The number of carboxylic acid groups (broad SMARTS) is 1. The molecule has 8 heteroatoms. The van der Waals surface area contributed by atoms with Gasteiger partial charge in [-0.15, -0.1) is 0 Å². The van der Waals surface area contributed by atoms with Crippen LogP contribution in [-0.4, -0.2) is 28.1 Å². The van der Waals surface area contributed by atoms with Crippen molar-refractivity contribution in [1.82, 2.24) is 5.32 Å². The first-order chi connectivity index (χ1) is 13.9. The Kier molecular flexibility index (Phi) is 4.36. The summed E-state index contributed by atoms with van der Waals surface area (Å²) in [6.07, 6.45) is 1.37. The molecule has 1 fully saturated rings. The highest BCUT2D eigenvalue weighted by molar-refractivity contribution is 6.28. The number of anilines is 1. The Balaban J connectivity index is 1.64. The van der Waals surface area contributed by atoms with E-state index in [1.165, 1.54) is 30.3 Å². The second-order valence-electron chi connectivity index (χ2n) is 6.20. The summed E-state index contributed by atoms with van der Waals surface area (Å²) < 4.78 is 5.62. The summed E-state index contributed by atoms with van der Waals surface area (Å²) in [6, 6.07) is 14.8. The Morgan fingerprint density at radius 2 is 1.79 bits per heavy atom. The van der Waals surface area contributed by atoms with Crippen LogP contribution in [0, 0.1) is 0 Å². The Morgan fingerprint density at radius 3 is 2.52 bits per heavy atom. The number of carbonyl (C=O) groups excluding carboxylic acids is 2. The van der Waals surface area contributed by atoms with Crippen molar-refractivity contribution < 1.29 is 29.0 Å². The minimum atomic E-state index is -1.14. The maximum absolute atomic E-state index is 12.6. The minimum Gasteiger partial charge on any atom is -0.507 e. The van der Waals surface area contributed by atoms with E-state index in [9.17, 15) is 19.5 Å². The van der Waals surface area contributed by atoms with Gasteiger partial charge in [0.05, 0.1) is 16.8 Å². The van der Waals surface area contributed by atoms with Crippen LogP contribution in [0.15, 0.2) is 70.8 Å². The number of para-hydroxylation sites is 1. The Labute approximate surface area is 164 Å². The second kappa shape index (κ2) is 7.01. The lowest BCUT2D eigenvalue weighted by molar-refractivity contribution is -0.113. The largest absolute Gasteiger partial charge is 0.507 e. The third kappa shape index (κ3) is 3.34. The van der Waals surface area contributed by atoms with Gasteiger partial charge in [-0.3, -0.25) is 4.79 Å². The number of carbonyl (C=O) groups is 3. The van der Waals surface area contributed by atoms with Crippen molar-refractivity contribution in [2.45, 2.75) is 0 Å². The second-order valence-corrected chi connectivity index (χ2v) is 6.20. The highest BCUT2D eigenvalue weighted by Crippen LogP contribution is 2.32. The van der Waals surface area contributed by atoms with E-state index in [1.807, 2.05) is 0 Å². The van der Waals surface area contributed by atoms with Crippen LogP contribution >= 0.6 is 0 Å². The van der Waals surface area contributed by atoms with E-state index >= 15 is 0 Å². The lowest BCUT2D eigenvalue weighted by atomic mass is 10.1. The number of phenolic OH excluding ortho intramolecular Hbond substituents is 1. The van der Waals surface area contributed by atoms with Gasteiger partial charge in [-0.1, -0.05) is 18.2 Å². The van der Waals surface area contributed by atoms with E-state index in [2.05, 4.69) is 5.32 Å². The molecule has 0 unspecified atom stereocenters. The molecular formula is C21H14N2O6. The zero-order valence-corrected chi connectivity index (χ0v) is 14.8. The highest BCUT2D eigenvalue weighted by Gasteiger charge is 2.35. The molecular weight excluding hydrogens is 376 g/mol. The van der Waals surface area contributed by atoms with E-state index < -0.39 is 17.9 Å². The van der Waals surface area contributed by atoms with Crippen LogP contribution in [0.25, 0.3) is 17.4 Å². The Hall–Kier alpha value is -4.33. The summed E-state index contributed by atoms with van der Waals surface area (Å²) in [5.41, 5.74) is 0.658. The number of aromatic hydroxyl groups is 1. The van der Waals surface area contributed by atoms with Gasteiger partial charge in [-0.05, 0) is 42.5 Å². The lowest BCUT2D eigenvalue weighted by Gasteiger charge is -2.10. The maximum atomic E-state index is 12.6. The van der Waals surface area contributed by atoms with Crippen LogP contribution in [-0.2, 0) is 4.79 Å². The number of aromatic carboxylic acids is 1. The van der Waals surface area contributed by atoms with Crippen LogP contribution in [0.1, 0.15) is 16.1 Å². The van der Waals surface area contributed by atoms with Crippen molar-refractivity contribution in [1.29, 1.82) is 0 Å². The zero-order valence-electron chi connectivity index (χ0n) is 14.8. The van der Waals surface area contributed by atoms with E-state index in [1.54, 1.807) is 36.4 Å². The van der Waals surface area contributed by atoms with Crippen LogP contribution in [0.3, 0.4) is 0 Å². The summed E-state index contributed by atoms with van der Waals surface area (Å²) >= 11 is 0. The van der Waals surface area contributed by atoms with E-state index in [0.717, 1.165) is 4.90 Å². The average molecular weight is 390 g/mol. The fourth-order valence-corrected chi connectivity index (χ4v) is 2.93. The Morgan fingerprint density at radius 1 is 1.03 bits per heavy atom. The lowest BCUT2D eigenvalue weighted by Crippen LogP contribution is -2.30. The number of nitrogens with zero attached hydrogens (tertiary/aromatic N) is 1. The fourth-order valence-electron chi connectivity index (χ4n) is 2.93. The van der Waals surface area contributed by atoms with Crippen LogP contribution in [0.2, 0.25) is 0 Å². The maximum Gasteiger partial charge on any atom is 0.335 e. The molecule has 0 aliphatic carbocycles. The normalized spacial score (nSPS) is 15.0. The Bertz CT molecular complexity index is 1160. The molecule has 2 heterocycles. The number of hydrogen-bond donors (Lipinski definition) is 3. The van der Waals surface area contributed by atoms with Gasteiger partial charge in [0.25, 0.3) is 5.91 Å². The van der Waals surface area contributed by atoms with Crippen molar-refractivity contribution in [3.05, 3.63) is 77.7 Å². The first-order valence-electron chi connectivity index (χ1n) is 8.53. The van der Waals surface area contributed by atoms with Crippen LogP contribution < -0.4 is 10.2 Å². The molecule has 4 rings (SSSR count). The van der Waals surface area contributed by atoms with Crippen molar-refractivity contribution >= 4 is 29.7 Å². The van der Waals surface area contributed by atoms with E-state index in [0.29, 0.717) is 5.69 Å². The van der Waals surface area contributed by atoms with Crippen molar-refractivity contribution in [3.63, 3.8) is 0 Å². The van der Waals surface area contributed by atoms with Gasteiger partial charge in [-0.25, -0.2) is 14.5 Å². The molecule has 0 saturated carbocycles. The third-order valence-corrected chi connectivity index (χ3v) is 4.31. The van der Waals surface area contributed by atoms with Gasteiger partial charge >= 0.3 is 12.0 Å². The topological polar surface area (TPSA) is 120 Å². The zero-order chi connectivity index (χ0) is 20.5. The molecule has 1 aliphatic heterocycles. The molecule has 0 atom stereocenters. The van der Waals surface area contributed by atoms with Gasteiger partial charge in [-0.2, -0.15) is 0 Å².